The predicted molar refractivity (Wildman–Crippen MR) is 84.7 cm³/mol. The molecular formula is C17H22N2O4. The van der Waals surface area contributed by atoms with Gasteiger partial charge in [-0.05, 0) is 38.3 Å². The number of carbonyl (C=O) groups is 3. The van der Waals surface area contributed by atoms with E-state index in [1.165, 1.54) is 0 Å². The van der Waals surface area contributed by atoms with Crippen LogP contribution in [0, 0.1) is 19.8 Å². The molecule has 1 saturated heterocycles. The standard InChI is InChI=1S/C17H22N2O4/c1-11-3-4-14(12(2)9-11)17(22)23-10-15(20)19-7-5-13(6-8-19)16(18)21/h3-4,9,13H,5-8,10H2,1-2H3,(H2,18,21). The van der Waals surface area contributed by atoms with Crippen molar-refractivity contribution in [2.45, 2.75) is 26.7 Å². The molecule has 0 spiro atoms. The number of esters is 1. The average Bonchev–Trinajstić information content (AvgIpc) is 2.52. The van der Waals surface area contributed by atoms with Crippen LogP contribution in [0.5, 0.6) is 0 Å². The van der Waals surface area contributed by atoms with Gasteiger partial charge in [0.15, 0.2) is 6.61 Å². The van der Waals surface area contributed by atoms with Gasteiger partial charge in [0.25, 0.3) is 5.91 Å². The summed E-state index contributed by atoms with van der Waals surface area (Å²) in [7, 11) is 0. The molecule has 1 aliphatic rings. The van der Waals surface area contributed by atoms with E-state index in [4.69, 9.17) is 10.5 Å². The van der Waals surface area contributed by atoms with Crippen LogP contribution in [0.2, 0.25) is 0 Å². The maximum Gasteiger partial charge on any atom is 0.338 e. The van der Waals surface area contributed by atoms with Crippen molar-refractivity contribution >= 4 is 17.8 Å². The Morgan fingerprint density at radius 1 is 1.22 bits per heavy atom. The van der Waals surface area contributed by atoms with Crippen molar-refractivity contribution in [2.75, 3.05) is 19.7 Å². The molecule has 0 aromatic heterocycles. The van der Waals surface area contributed by atoms with Gasteiger partial charge in [-0.15, -0.1) is 0 Å². The van der Waals surface area contributed by atoms with Crippen LogP contribution in [0.1, 0.15) is 34.3 Å². The van der Waals surface area contributed by atoms with E-state index in [0.29, 0.717) is 31.5 Å². The minimum atomic E-state index is -0.497. The van der Waals surface area contributed by atoms with Crippen LogP contribution in [-0.4, -0.2) is 42.4 Å². The van der Waals surface area contributed by atoms with Crippen LogP contribution in [0.25, 0.3) is 0 Å². The number of carbonyl (C=O) groups excluding carboxylic acids is 3. The predicted octanol–water partition coefficient (Wildman–Crippen LogP) is 1.18. The van der Waals surface area contributed by atoms with Crippen molar-refractivity contribution in [1.29, 1.82) is 0 Å². The zero-order chi connectivity index (χ0) is 17.0. The molecule has 124 valence electrons. The number of nitrogens with zero attached hydrogens (tertiary/aromatic N) is 1. The molecule has 1 aromatic carbocycles. The number of hydrogen-bond donors (Lipinski definition) is 1. The smallest absolute Gasteiger partial charge is 0.338 e. The Bertz CT molecular complexity index is 619. The minimum absolute atomic E-state index is 0.170. The zero-order valence-corrected chi connectivity index (χ0v) is 13.5. The van der Waals surface area contributed by atoms with Crippen LogP contribution >= 0.6 is 0 Å². The third kappa shape index (κ3) is 4.31. The van der Waals surface area contributed by atoms with Gasteiger partial charge < -0.3 is 15.4 Å². The molecule has 23 heavy (non-hydrogen) atoms. The number of likely N-dealkylation sites (tertiary alicyclic amines) is 1. The second kappa shape index (κ2) is 7.26. The average molecular weight is 318 g/mol. The quantitative estimate of drug-likeness (QED) is 0.844. The van der Waals surface area contributed by atoms with E-state index < -0.39 is 5.97 Å². The van der Waals surface area contributed by atoms with Crippen LogP contribution < -0.4 is 5.73 Å². The number of ether oxygens (including phenoxy) is 1. The topological polar surface area (TPSA) is 89.7 Å². The Kier molecular flexibility index (Phi) is 5.36. The van der Waals surface area contributed by atoms with Crippen molar-refractivity contribution in [3.63, 3.8) is 0 Å². The summed E-state index contributed by atoms with van der Waals surface area (Å²) in [5.74, 6) is -1.23. The van der Waals surface area contributed by atoms with E-state index in [0.717, 1.165) is 11.1 Å². The van der Waals surface area contributed by atoms with Gasteiger partial charge in [0.1, 0.15) is 0 Å². The SMILES string of the molecule is Cc1ccc(C(=O)OCC(=O)N2CCC(C(N)=O)CC2)c(C)c1. The molecule has 0 saturated carbocycles. The second-order valence-corrected chi connectivity index (χ2v) is 5.95. The summed E-state index contributed by atoms with van der Waals surface area (Å²) in [5.41, 5.74) is 7.62. The summed E-state index contributed by atoms with van der Waals surface area (Å²) < 4.78 is 5.12. The van der Waals surface area contributed by atoms with Gasteiger partial charge >= 0.3 is 5.97 Å². The Morgan fingerprint density at radius 3 is 2.43 bits per heavy atom. The highest BCUT2D eigenvalue weighted by Crippen LogP contribution is 2.17. The Balaban J connectivity index is 1.85. The minimum Gasteiger partial charge on any atom is -0.452 e. The Hall–Kier alpha value is -2.37. The molecule has 1 fully saturated rings. The maximum absolute atomic E-state index is 12.1. The molecule has 0 bridgehead atoms. The van der Waals surface area contributed by atoms with Crippen LogP contribution in [0.3, 0.4) is 0 Å². The zero-order valence-electron chi connectivity index (χ0n) is 13.5. The van der Waals surface area contributed by atoms with Gasteiger partial charge in [-0.1, -0.05) is 17.7 Å². The number of piperidine rings is 1. The Labute approximate surface area is 135 Å². The molecule has 2 rings (SSSR count). The van der Waals surface area contributed by atoms with Crippen molar-refractivity contribution in [2.24, 2.45) is 11.7 Å². The van der Waals surface area contributed by atoms with Gasteiger partial charge in [-0.2, -0.15) is 0 Å². The maximum atomic E-state index is 12.1. The molecule has 2 amide bonds. The molecule has 1 aromatic rings. The molecule has 0 atom stereocenters. The summed E-state index contributed by atoms with van der Waals surface area (Å²) in [6.07, 6.45) is 1.12. The highest BCUT2D eigenvalue weighted by atomic mass is 16.5. The number of rotatable bonds is 4. The lowest BCUT2D eigenvalue weighted by atomic mass is 9.96. The van der Waals surface area contributed by atoms with Crippen LogP contribution in [-0.2, 0) is 14.3 Å². The summed E-state index contributed by atoms with van der Waals surface area (Å²) in [6, 6.07) is 5.43. The highest BCUT2D eigenvalue weighted by molar-refractivity contribution is 5.92. The number of primary amides is 1. The van der Waals surface area contributed by atoms with Gasteiger partial charge in [0.2, 0.25) is 5.91 Å². The lowest BCUT2D eigenvalue weighted by molar-refractivity contribution is -0.137. The third-order valence-corrected chi connectivity index (χ3v) is 4.18. The summed E-state index contributed by atoms with van der Waals surface area (Å²) in [5, 5.41) is 0. The second-order valence-electron chi connectivity index (χ2n) is 5.95. The first kappa shape index (κ1) is 17.0. The monoisotopic (exact) mass is 318 g/mol. The van der Waals surface area contributed by atoms with Crippen molar-refractivity contribution < 1.29 is 19.1 Å². The first-order valence-electron chi connectivity index (χ1n) is 7.70. The summed E-state index contributed by atoms with van der Waals surface area (Å²) in [4.78, 5) is 36.8. The van der Waals surface area contributed by atoms with E-state index in [1.54, 1.807) is 11.0 Å². The van der Waals surface area contributed by atoms with Gasteiger partial charge in [-0.25, -0.2) is 4.79 Å². The molecule has 1 heterocycles. The van der Waals surface area contributed by atoms with Crippen LogP contribution in [0.15, 0.2) is 18.2 Å². The summed E-state index contributed by atoms with van der Waals surface area (Å²) in [6.45, 7) is 4.43. The lowest BCUT2D eigenvalue weighted by Gasteiger charge is -2.30. The molecule has 0 aliphatic carbocycles. The number of amides is 2. The largest absolute Gasteiger partial charge is 0.452 e. The van der Waals surface area contributed by atoms with Gasteiger partial charge in [0, 0.05) is 19.0 Å². The Morgan fingerprint density at radius 2 is 1.87 bits per heavy atom. The fraction of sp³-hybridized carbons (Fsp3) is 0.471. The normalized spacial score (nSPS) is 15.3. The van der Waals surface area contributed by atoms with E-state index in [-0.39, 0.29) is 24.3 Å². The van der Waals surface area contributed by atoms with Crippen molar-refractivity contribution in [1.82, 2.24) is 4.90 Å². The molecule has 6 nitrogen and oxygen atoms in total. The lowest BCUT2D eigenvalue weighted by Crippen LogP contribution is -2.43. The molecular weight excluding hydrogens is 296 g/mol. The summed E-state index contributed by atoms with van der Waals surface area (Å²) >= 11 is 0. The third-order valence-electron chi connectivity index (χ3n) is 4.18. The number of nitrogens with two attached hydrogens (primary N) is 1. The van der Waals surface area contributed by atoms with Gasteiger partial charge in [0.05, 0.1) is 5.56 Å². The first-order chi connectivity index (χ1) is 10.9. The first-order valence-corrected chi connectivity index (χ1v) is 7.70. The number of aryl methyl sites for hydroxylation is 2. The molecule has 0 radical (unpaired) electrons. The van der Waals surface area contributed by atoms with E-state index in [9.17, 15) is 14.4 Å². The number of benzene rings is 1. The van der Waals surface area contributed by atoms with E-state index in [2.05, 4.69) is 0 Å². The van der Waals surface area contributed by atoms with Crippen molar-refractivity contribution in [3.8, 4) is 0 Å². The van der Waals surface area contributed by atoms with E-state index >= 15 is 0 Å². The fourth-order valence-corrected chi connectivity index (χ4v) is 2.75. The van der Waals surface area contributed by atoms with Gasteiger partial charge in [-0.3, -0.25) is 9.59 Å². The fourth-order valence-electron chi connectivity index (χ4n) is 2.75. The molecule has 0 unspecified atom stereocenters. The molecule has 2 N–H and O–H groups in total. The van der Waals surface area contributed by atoms with Crippen molar-refractivity contribution in [3.05, 3.63) is 34.9 Å². The number of hydrogen-bond acceptors (Lipinski definition) is 4. The van der Waals surface area contributed by atoms with Crippen LogP contribution in [0.4, 0.5) is 0 Å². The molecule has 1 aliphatic heterocycles. The highest BCUT2D eigenvalue weighted by Gasteiger charge is 2.26. The molecule has 6 heteroatoms. The van der Waals surface area contributed by atoms with E-state index in [1.807, 2.05) is 26.0 Å².